The van der Waals surface area contributed by atoms with Gasteiger partial charge in [0.2, 0.25) is 11.8 Å². The van der Waals surface area contributed by atoms with Crippen molar-refractivity contribution in [2.24, 2.45) is 0 Å². The summed E-state index contributed by atoms with van der Waals surface area (Å²) in [7, 11) is 0. The molecular formula is C39H25ClF5N5O6. The number of amides is 6. The van der Waals surface area contributed by atoms with Gasteiger partial charge in [0, 0.05) is 62.6 Å². The molecule has 0 aromatic heterocycles. The second-order valence-corrected chi connectivity index (χ2v) is 13.4. The molecule has 0 radical (unpaired) electrons. The van der Waals surface area contributed by atoms with Gasteiger partial charge in [-0.1, -0.05) is 23.4 Å². The minimum Gasteiger partial charge on any atom is -0.341 e. The number of carbonyl (C=O) groups is 6. The predicted molar refractivity (Wildman–Crippen MR) is 188 cm³/mol. The van der Waals surface area contributed by atoms with Crippen LogP contribution in [0, 0.1) is 23.5 Å². The van der Waals surface area contributed by atoms with E-state index in [-0.39, 0.29) is 70.9 Å². The van der Waals surface area contributed by atoms with Gasteiger partial charge in [0.25, 0.3) is 23.6 Å². The smallest absolute Gasteiger partial charge is 0.341 e. The largest absolute Gasteiger partial charge is 0.416 e. The molecule has 0 bridgehead atoms. The Labute approximate surface area is 318 Å². The third-order valence-corrected chi connectivity index (χ3v) is 9.69. The number of halogens is 6. The van der Waals surface area contributed by atoms with Crippen molar-refractivity contribution in [1.29, 1.82) is 0 Å². The van der Waals surface area contributed by atoms with Crippen molar-refractivity contribution in [3.05, 3.63) is 133 Å². The maximum Gasteiger partial charge on any atom is 0.416 e. The third-order valence-electron chi connectivity index (χ3n) is 9.35. The number of alkyl halides is 3. The Balaban J connectivity index is 1.13. The summed E-state index contributed by atoms with van der Waals surface area (Å²) in [5.74, 6) is -0.434. The molecule has 284 valence electrons. The molecule has 1 fully saturated rings. The number of imide groups is 1. The number of hydrogen-bond donors (Lipinski definition) is 4. The van der Waals surface area contributed by atoms with Crippen molar-refractivity contribution in [1.82, 2.24) is 20.9 Å². The molecule has 1 unspecified atom stereocenters. The number of fused-ring (bicyclic) bond motifs is 2. The molecule has 4 N–H and O–H groups in total. The number of carbonyl (C=O) groups excluding carboxylic acids is 6. The Morgan fingerprint density at radius 1 is 0.893 bits per heavy atom. The van der Waals surface area contributed by atoms with E-state index in [0.29, 0.717) is 28.8 Å². The van der Waals surface area contributed by atoms with Crippen molar-refractivity contribution in [2.45, 2.75) is 37.6 Å². The molecule has 3 aliphatic rings. The van der Waals surface area contributed by atoms with Crippen LogP contribution in [0.2, 0.25) is 5.02 Å². The van der Waals surface area contributed by atoms with E-state index in [4.69, 9.17) is 11.6 Å². The molecule has 0 spiro atoms. The van der Waals surface area contributed by atoms with Gasteiger partial charge in [0.05, 0.1) is 18.2 Å². The summed E-state index contributed by atoms with van der Waals surface area (Å²) in [4.78, 5) is 78.2. The molecule has 3 heterocycles. The van der Waals surface area contributed by atoms with E-state index in [1.165, 1.54) is 17.0 Å². The molecular weight excluding hydrogens is 765 g/mol. The fourth-order valence-corrected chi connectivity index (χ4v) is 6.97. The van der Waals surface area contributed by atoms with Crippen molar-refractivity contribution >= 4 is 52.7 Å². The second kappa shape index (κ2) is 14.6. The van der Waals surface area contributed by atoms with E-state index in [0.717, 1.165) is 18.2 Å². The van der Waals surface area contributed by atoms with Gasteiger partial charge in [-0.2, -0.15) is 13.2 Å². The van der Waals surface area contributed by atoms with Crippen LogP contribution in [0.25, 0.3) is 0 Å². The number of rotatable bonds is 6. The quantitative estimate of drug-likeness (QED) is 0.119. The van der Waals surface area contributed by atoms with Gasteiger partial charge >= 0.3 is 6.18 Å². The van der Waals surface area contributed by atoms with Crippen molar-refractivity contribution in [2.75, 3.05) is 11.9 Å². The molecule has 1 saturated heterocycles. The number of nitrogens with one attached hydrogen (secondary N) is 4. The summed E-state index contributed by atoms with van der Waals surface area (Å²) in [6.45, 7) is -0.0975. The van der Waals surface area contributed by atoms with Crippen LogP contribution in [0.15, 0.2) is 66.7 Å². The summed E-state index contributed by atoms with van der Waals surface area (Å²) in [6.07, 6.45) is -4.66. The molecule has 17 heteroatoms. The highest BCUT2D eigenvalue weighted by molar-refractivity contribution is 6.31. The maximum absolute atomic E-state index is 14.3. The summed E-state index contributed by atoms with van der Waals surface area (Å²) in [5.41, 5.74) is -1.10. The lowest BCUT2D eigenvalue weighted by molar-refractivity contribution is -0.138. The van der Waals surface area contributed by atoms with Crippen molar-refractivity contribution in [3.8, 4) is 11.8 Å². The van der Waals surface area contributed by atoms with Gasteiger partial charge in [-0.25, -0.2) is 8.78 Å². The molecule has 4 aromatic rings. The Morgan fingerprint density at radius 3 is 2.41 bits per heavy atom. The van der Waals surface area contributed by atoms with Crippen LogP contribution >= 0.6 is 11.6 Å². The number of benzene rings is 4. The first kappa shape index (κ1) is 37.7. The fraction of sp³-hybridized carbons (Fsp3) is 0.179. The summed E-state index contributed by atoms with van der Waals surface area (Å²) in [6, 6.07) is 9.81. The minimum absolute atomic E-state index is 0.0194. The highest BCUT2D eigenvalue weighted by atomic mass is 35.5. The van der Waals surface area contributed by atoms with Crippen molar-refractivity contribution < 1.29 is 50.7 Å². The molecule has 6 amide bonds. The summed E-state index contributed by atoms with van der Waals surface area (Å²) >= 11 is 6.33. The Hall–Kier alpha value is -6.60. The summed E-state index contributed by atoms with van der Waals surface area (Å²) < 4.78 is 68.8. The maximum atomic E-state index is 14.3. The Kier molecular flexibility index (Phi) is 9.81. The first-order chi connectivity index (χ1) is 26.6. The third kappa shape index (κ3) is 7.40. The van der Waals surface area contributed by atoms with Crippen LogP contribution in [0.4, 0.5) is 27.6 Å². The standard InChI is InChI=1S/C39H25ClF5N5O6/c40-28-6-4-23(41)16-26(28)33-32-27(36(54)49-33)13-20(14-29(32)47-35(53)19-11-22(39(43,44)45)15-24(42)12-19)34(52)46-9-1-2-18-3-5-25-21(10-18)17-50(38(25)56)30-7-8-31(51)48-37(30)55/h3-6,10-16,30,33H,7-9,17H2,(H,46,52)(H,47,53)(H,49,54)(H,48,51,55)/t30?,33-/m1/s1. The lowest BCUT2D eigenvalue weighted by atomic mass is 9.94. The van der Waals surface area contributed by atoms with E-state index < -0.39 is 70.6 Å². The Morgan fingerprint density at radius 2 is 1.66 bits per heavy atom. The van der Waals surface area contributed by atoms with E-state index >= 15 is 0 Å². The zero-order chi connectivity index (χ0) is 40.1. The molecule has 0 aliphatic carbocycles. The van der Waals surface area contributed by atoms with Crippen LogP contribution in [0.1, 0.15) is 88.1 Å². The molecule has 0 saturated carbocycles. The van der Waals surface area contributed by atoms with Crippen LogP contribution in [-0.2, 0) is 22.3 Å². The van der Waals surface area contributed by atoms with Crippen molar-refractivity contribution in [3.63, 3.8) is 0 Å². The highest BCUT2D eigenvalue weighted by Crippen LogP contribution is 2.40. The molecule has 7 rings (SSSR count). The number of nitrogens with zero attached hydrogens (tertiary/aromatic N) is 1. The van der Waals surface area contributed by atoms with E-state index in [2.05, 4.69) is 33.1 Å². The van der Waals surface area contributed by atoms with Crippen LogP contribution in [-0.4, -0.2) is 52.9 Å². The Bertz CT molecular complexity index is 2480. The molecule has 2 atom stereocenters. The second-order valence-electron chi connectivity index (χ2n) is 13.0. The number of piperidine rings is 1. The monoisotopic (exact) mass is 789 g/mol. The molecule has 11 nitrogen and oxygen atoms in total. The fourth-order valence-electron chi connectivity index (χ4n) is 6.74. The summed E-state index contributed by atoms with van der Waals surface area (Å²) in [5, 5.41) is 9.83. The van der Waals surface area contributed by atoms with Gasteiger partial charge in [-0.3, -0.25) is 34.1 Å². The van der Waals surface area contributed by atoms with Crippen LogP contribution in [0.5, 0.6) is 0 Å². The molecule has 3 aliphatic heterocycles. The average Bonchev–Trinajstić information content (AvgIpc) is 3.65. The lowest BCUT2D eigenvalue weighted by Crippen LogP contribution is -2.52. The molecule has 56 heavy (non-hydrogen) atoms. The highest BCUT2D eigenvalue weighted by Gasteiger charge is 2.39. The topological polar surface area (TPSA) is 154 Å². The van der Waals surface area contributed by atoms with Gasteiger partial charge in [0.1, 0.15) is 17.7 Å². The lowest BCUT2D eigenvalue weighted by Gasteiger charge is -2.29. The van der Waals surface area contributed by atoms with Gasteiger partial charge < -0.3 is 20.9 Å². The minimum atomic E-state index is -4.98. The zero-order valence-corrected chi connectivity index (χ0v) is 29.3. The zero-order valence-electron chi connectivity index (χ0n) is 28.5. The normalized spacial score (nSPS) is 17.4. The van der Waals surface area contributed by atoms with Gasteiger partial charge in [-0.15, -0.1) is 0 Å². The first-order valence-corrected chi connectivity index (χ1v) is 17.1. The van der Waals surface area contributed by atoms with Crippen LogP contribution in [0.3, 0.4) is 0 Å². The first-order valence-electron chi connectivity index (χ1n) is 16.7. The van der Waals surface area contributed by atoms with Gasteiger partial charge in [0.15, 0.2) is 0 Å². The predicted octanol–water partition coefficient (Wildman–Crippen LogP) is 5.26. The van der Waals surface area contributed by atoms with E-state index in [1.807, 2.05) is 0 Å². The number of hydrogen-bond acceptors (Lipinski definition) is 6. The van der Waals surface area contributed by atoms with Crippen LogP contribution < -0.4 is 21.3 Å². The SMILES string of the molecule is O=C1CCC(N2Cc3cc(C#CCNC(=O)c4cc(NC(=O)c5cc(F)cc(C(F)(F)F)c5)c5c(c4)C(=O)N[C@@H]5c4cc(F)ccc4Cl)ccc3C2=O)C(=O)N1. The number of anilines is 1. The van der Waals surface area contributed by atoms with E-state index in [9.17, 15) is 50.7 Å². The average molecular weight is 790 g/mol. The van der Waals surface area contributed by atoms with E-state index in [1.54, 1.807) is 18.2 Å². The molecule has 4 aromatic carbocycles. The van der Waals surface area contributed by atoms with Gasteiger partial charge in [-0.05, 0) is 78.7 Å².